The molecule has 0 fully saturated rings. The minimum atomic E-state index is -1.07. The summed E-state index contributed by atoms with van der Waals surface area (Å²) < 4.78 is 26.4. The molecule has 0 bridgehead atoms. The van der Waals surface area contributed by atoms with Gasteiger partial charge in [0, 0.05) is 16.4 Å². The summed E-state index contributed by atoms with van der Waals surface area (Å²) in [7, 11) is 3.04. The van der Waals surface area contributed by atoms with Crippen molar-refractivity contribution in [2.75, 3.05) is 31.3 Å². The maximum atomic E-state index is 13.3. The maximum Gasteiger partial charge on any atom is 0.321 e. The van der Waals surface area contributed by atoms with Gasteiger partial charge in [-0.1, -0.05) is 12.1 Å². The standard InChI is InChI=1S/C10H11FN2O4S.C10H13FN2O2S/c1-12-7(10(14)15)5-18-8-4-2-3-6(11)9(8)13(16)17;1-13-7(10(14)15)5-16-8-4-2-3-6(11)9(8)12/h2-4,7,12H,5H2,1H3,(H,14,15);2-4,7,13H,5,12H2,1H3,(H,14,15)/t2*7-/m00/s1. The molecule has 2 rings (SSSR count). The molecule has 6 N–H and O–H groups in total. The number of nitrogen functional groups attached to an aromatic ring is 1. The second kappa shape index (κ2) is 14.3. The van der Waals surface area contributed by atoms with E-state index in [9.17, 15) is 28.5 Å². The van der Waals surface area contributed by atoms with Crippen LogP contribution < -0.4 is 16.4 Å². The minimum absolute atomic E-state index is 0.0627. The predicted molar refractivity (Wildman–Crippen MR) is 126 cm³/mol. The first-order valence-electron chi connectivity index (χ1n) is 9.56. The van der Waals surface area contributed by atoms with Crippen molar-refractivity contribution >= 4 is 46.8 Å². The number of benzene rings is 2. The third-order valence-corrected chi connectivity index (χ3v) is 6.56. The average Bonchev–Trinajstić information content (AvgIpc) is 2.77. The van der Waals surface area contributed by atoms with Gasteiger partial charge >= 0.3 is 17.6 Å². The van der Waals surface area contributed by atoms with Crippen LogP contribution in [-0.4, -0.2) is 64.8 Å². The Hall–Kier alpha value is -2.94. The number of likely N-dealkylation sites (N-methyl/N-ethyl adjacent to an activating group) is 2. The van der Waals surface area contributed by atoms with Gasteiger partial charge in [0.1, 0.15) is 17.9 Å². The highest BCUT2D eigenvalue weighted by molar-refractivity contribution is 7.99. The van der Waals surface area contributed by atoms with E-state index in [0.717, 1.165) is 17.8 Å². The predicted octanol–water partition coefficient (Wildman–Crippen LogP) is 2.67. The summed E-state index contributed by atoms with van der Waals surface area (Å²) in [5.74, 6) is -3.06. The summed E-state index contributed by atoms with van der Waals surface area (Å²) in [5, 5.41) is 33.5. The number of carbonyl (C=O) groups is 2. The molecule has 0 spiro atoms. The Morgan fingerprint density at radius 3 is 1.85 bits per heavy atom. The van der Waals surface area contributed by atoms with Gasteiger partial charge in [0.15, 0.2) is 0 Å². The van der Waals surface area contributed by atoms with Crippen LogP contribution in [0, 0.1) is 21.7 Å². The molecule has 0 unspecified atom stereocenters. The van der Waals surface area contributed by atoms with Crippen molar-refractivity contribution < 1.29 is 33.5 Å². The minimum Gasteiger partial charge on any atom is -0.480 e. The quantitative estimate of drug-likeness (QED) is 0.128. The number of nitro benzene ring substituents is 1. The topological polar surface area (TPSA) is 168 Å². The first-order chi connectivity index (χ1) is 16.0. The zero-order chi connectivity index (χ0) is 25.8. The van der Waals surface area contributed by atoms with Crippen molar-refractivity contribution in [1.82, 2.24) is 10.6 Å². The van der Waals surface area contributed by atoms with Crippen LogP contribution in [0.4, 0.5) is 20.2 Å². The van der Waals surface area contributed by atoms with E-state index in [0.29, 0.717) is 10.6 Å². The zero-order valence-electron chi connectivity index (χ0n) is 18.2. The number of nitrogens with zero attached hydrogens (tertiary/aromatic N) is 1. The fourth-order valence-electron chi connectivity index (χ4n) is 2.33. The molecule has 0 amide bonds. The number of rotatable bonds is 11. The van der Waals surface area contributed by atoms with Crippen LogP contribution in [0.1, 0.15) is 0 Å². The lowest BCUT2D eigenvalue weighted by Gasteiger charge is -2.11. The van der Waals surface area contributed by atoms with E-state index >= 15 is 0 Å². The first-order valence-corrected chi connectivity index (χ1v) is 11.5. The number of carboxylic acid groups (broad SMARTS) is 2. The highest BCUT2D eigenvalue weighted by atomic mass is 32.2. The number of nitro groups is 1. The lowest BCUT2D eigenvalue weighted by molar-refractivity contribution is -0.390. The van der Waals surface area contributed by atoms with Gasteiger partial charge in [-0.05, 0) is 38.4 Å². The number of hydrogen-bond acceptors (Lipinski definition) is 9. The zero-order valence-corrected chi connectivity index (χ0v) is 19.8. The van der Waals surface area contributed by atoms with Crippen molar-refractivity contribution in [3.63, 3.8) is 0 Å². The Balaban J connectivity index is 0.000000342. The van der Waals surface area contributed by atoms with E-state index in [-0.39, 0.29) is 16.3 Å². The molecule has 0 aliphatic carbocycles. The van der Waals surface area contributed by atoms with Gasteiger partial charge in [-0.15, -0.1) is 23.5 Å². The fraction of sp³-hybridized carbons (Fsp3) is 0.300. The van der Waals surface area contributed by atoms with Gasteiger partial charge in [-0.3, -0.25) is 19.7 Å². The molecule has 14 heteroatoms. The summed E-state index contributed by atoms with van der Waals surface area (Å²) in [4.78, 5) is 32.0. The number of anilines is 1. The number of nitrogens with one attached hydrogen (secondary N) is 2. The molecular weight excluding hydrogens is 494 g/mol. The Kier molecular flexibility index (Phi) is 12.3. The van der Waals surface area contributed by atoms with Gasteiger partial charge in [0.2, 0.25) is 5.82 Å². The lowest BCUT2D eigenvalue weighted by atomic mass is 10.3. The van der Waals surface area contributed by atoms with Crippen LogP contribution in [0.2, 0.25) is 0 Å². The molecule has 0 heterocycles. The number of para-hydroxylation sites is 2. The van der Waals surface area contributed by atoms with Crippen molar-refractivity contribution in [2.45, 2.75) is 21.9 Å². The van der Waals surface area contributed by atoms with Crippen LogP contribution in [0.5, 0.6) is 0 Å². The van der Waals surface area contributed by atoms with Crippen molar-refractivity contribution in [3.8, 4) is 0 Å². The maximum absolute atomic E-state index is 13.3. The monoisotopic (exact) mass is 518 g/mol. The molecule has 2 aromatic carbocycles. The first kappa shape index (κ1) is 29.1. The molecule has 0 aromatic heterocycles. The number of halogens is 2. The highest BCUT2D eigenvalue weighted by Crippen LogP contribution is 2.31. The number of nitrogens with two attached hydrogens (primary N) is 1. The summed E-state index contributed by atoms with van der Waals surface area (Å²) in [5.41, 5.74) is 4.96. The van der Waals surface area contributed by atoms with Crippen molar-refractivity contribution in [3.05, 3.63) is 58.1 Å². The molecule has 2 atom stereocenters. The van der Waals surface area contributed by atoms with Crippen LogP contribution in [0.15, 0.2) is 46.2 Å². The average molecular weight is 519 g/mol. The molecular formula is C20H24F2N4O6S2. The fourth-order valence-corrected chi connectivity index (χ4v) is 4.56. The molecule has 186 valence electrons. The van der Waals surface area contributed by atoms with Crippen LogP contribution in [0.25, 0.3) is 0 Å². The molecule has 34 heavy (non-hydrogen) atoms. The van der Waals surface area contributed by atoms with Crippen LogP contribution in [0.3, 0.4) is 0 Å². The molecule has 0 saturated carbocycles. The van der Waals surface area contributed by atoms with E-state index in [1.54, 1.807) is 19.2 Å². The van der Waals surface area contributed by atoms with Crippen LogP contribution in [-0.2, 0) is 9.59 Å². The molecule has 0 radical (unpaired) electrons. The third-order valence-electron chi connectivity index (χ3n) is 4.25. The summed E-state index contributed by atoms with van der Waals surface area (Å²) in [6, 6.07) is 6.69. The van der Waals surface area contributed by atoms with Gasteiger partial charge in [0.25, 0.3) is 0 Å². The lowest BCUT2D eigenvalue weighted by Crippen LogP contribution is -2.35. The smallest absolute Gasteiger partial charge is 0.321 e. The molecule has 10 nitrogen and oxygen atoms in total. The second-order valence-corrected chi connectivity index (χ2v) is 8.60. The Bertz CT molecular complexity index is 1020. The molecule has 0 saturated heterocycles. The van der Waals surface area contributed by atoms with E-state index in [2.05, 4.69) is 10.6 Å². The van der Waals surface area contributed by atoms with E-state index < -0.39 is 46.3 Å². The number of hydrogen-bond donors (Lipinski definition) is 5. The van der Waals surface area contributed by atoms with Gasteiger partial charge in [-0.25, -0.2) is 4.39 Å². The molecule has 2 aromatic rings. The Labute approximate surface area is 202 Å². The van der Waals surface area contributed by atoms with Gasteiger partial charge in [-0.2, -0.15) is 4.39 Å². The summed E-state index contributed by atoms with van der Waals surface area (Å²) in [6.45, 7) is 0. The van der Waals surface area contributed by atoms with Gasteiger partial charge in [0.05, 0.1) is 15.5 Å². The molecule has 0 aliphatic heterocycles. The van der Waals surface area contributed by atoms with Crippen molar-refractivity contribution in [2.24, 2.45) is 0 Å². The summed E-state index contributed by atoms with van der Waals surface area (Å²) in [6.07, 6.45) is 0. The number of thioether (sulfide) groups is 2. The Morgan fingerprint density at radius 2 is 1.41 bits per heavy atom. The largest absolute Gasteiger partial charge is 0.480 e. The number of aliphatic carboxylic acids is 2. The van der Waals surface area contributed by atoms with E-state index in [4.69, 9.17) is 15.9 Å². The third kappa shape index (κ3) is 8.78. The normalized spacial score (nSPS) is 12.2. The van der Waals surface area contributed by atoms with Gasteiger partial charge < -0.3 is 26.6 Å². The van der Waals surface area contributed by atoms with Crippen molar-refractivity contribution in [1.29, 1.82) is 0 Å². The highest BCUT2D eigenvalue weighted by Gasteiger charge is 2.22. The van der Waals surface area contributed by atoms with E-state index in [1.807, 2.05) is 0 Å². The number of carboxylic acids is 2. The Morgan fingerprint density at radius 1 is 0.971 bits per heavy atom. The second-order valence-electron chi connectivity index (χ2n) is 6.48. The molecule has 0 aliphatic rings. The van der Waals surface area contributed by atoms with Crippen LogP contribution >= 0.6 is 23.5 Å². The summed E-state index contributed by atoms with van der Waals surface area (Å²) >= 11 is 2.14. The van der Waals surface area contributed by atoms with E-state index in [1.165, 1.54) is 37.0 Å². The SMILES string of the molecule is CN[C@@H](CSc1cccc(F)c1N)C(=O)O.CN[C@@H](CSc1cccc(F)c1[N+](=O)[O-])C(=O)O.